The molecular weight excluding hydrogens is 336 g/mol. The van der Waals surface area contributed by atoms with Gasteiger partial charge in [0.25, 0.3) is 0 Å². The van der Waals surface area contributed by atoms with Gasteiger partial charge in [-0.05, 0) is 59.2 Å². The lowest BCUT2D eigenvalue weighted by Crippen LogP contribution is -2.03. The van der Waals surface area contributed by atoms with Crippen molar-refractivity contribution in [3.63, 3.8) is 0 Å². The van der Waals surface area contributed by atoms with Gasteiger partial charge in [0.2, 0.25) is 5.16 Å². The Labute approximate surface area is 150 Å². The van der Waals surface area contributed by atoms with E-state index in [0.29, 0.717) is 16.5 Å². The Morgan fingerprint density at radius 3 is 2.80 bits per heavy atom. The fourth-order valence-electron chi connectivity index (χ4n) is 2.44. The molecule has 1 aromatic heterocycles. The summed E-state index contributed by atoms with van der Waals surface area (Å²) in [5.74, 6) is 0.308. The summed E-state index contributed by atoms with van der Waals surface area (Å²) in [5, 5.41) is 12.8. The fraction of sp³-hybridized carbons (Fsp3) is 0.222. The first-order valence-electron chi connectivity index (χ1n) is 7.75. The predicted octanol–water partition coefficient (Wildman–Crippen LogP) is 3.36. The van der Waals surface area contributed by atoms with Crippen molar-refractivity contribution in [2.75, 3.05) is 7.11 Å². The maximum Gasteiger partial charge on any atom is 0.337 e. The van der Waals surface area contributed by atoms with Crippen LogP contribution in [0, 0.1) is 13.8 Å². The first-order chi connectivity index (χ1) is 12.1. The Morgan fingerprint density at radius 2 is 2.00 bits per heavy atom. The number of benzene rings is 2. The van der Waals surface area contributed by atoms with E-state index in [2.05, 4.69) is 35.4 Å². The second-order valence-electron chi connectivity index (χ2n) is 5.57. The maximum atomic E-state index is 11.6. The third kappa shape index (κ3) is 3.71. The van der Waals surface area contributed by atoms with Crippen molar-refractivity contribution in [3.05, 3.63) is 64.7 Å². The van der Waals surface area contributed by atoms with Gasteiger partial charge in [-0.2, -0.15) is 4.68 Å². The molecule has 0 fully saturated rings. The zero-order valence-corrected chi connectivity index (χ0v) is 15.1. The molecule has 0 atom stereocenters. The zero-order valence-electron chi connectivity index (χ0n) is 14.3. The van der Waals surface area contributed by atoms with E-state index in [1.165, 1.54) is 24.4 Å². The molecule has 0 saturated carbocycles. The molecule has 0 spiro atoms. The summed E-state index contributed by atoms with van der Waals surface area (Å²) < 4.78 is 6.51. The number of nitrogens with zero attached hydrogens (tertiary/aromatic N) is 4. The van der Waals surface area contributed by atoms with Gasteiger partial charge in [-0.25, -0.2) is 4.79 Å². The van der Waals surface area contributed by atoms with Crippen molar-refractivity contribution >= 4 is 17.7 Å². The van der Waals surface area contributed by atoms with E-state index < -0.39 is 0 Å². The lowest BCUT2D eigenvalue weighted by molar-refractivity contribution is 0.0600. The minimum Gasteiger partial charge on any atom is -0.465 e. The number of hydrogen-bond acceptors (Lipinski definition) is 6. The minimum absolute atomic E-state index is 0.341. The highest BCUT2D eigenvalue weighted by Gasteiger charge is 2.13. The summed E-state index contributed by atoms with van der Waals surface area (Å²) in [6.07, 6.45) is 0. The summed E-state index contributed by atoms with van der Waals surface area (Å²) in [5.41, 5.74) is 4.84. The number of esters is 1. The van der Waals surface area contributed by atoms with Crippen molar-refractivity contribution in [1.29, 1.82) is 0 Å². The third-order valence-electron chi connectivity index (χ3n) is 3.96. The van der Waals surface area contributed by atoms with Gasteiger partial charge in [0, 0.05) is 5.75 Å². The van der Waals surface area contributed by atoms with E-state index in [1.807, 2.05) is 30.3 Å². The van der Waals surface area contributed by atoms with Crippen LogP contribution in [0.25, 0.3) is 5.69 Å². The Balaban J connectivity index is 1.81. The predicted molar refractivity (Wildman–Crippen MR) is 96.0 cm³/mol. The number of aromatic nitrogens is 4. The summed E-state index contributed by atoms with van der Waals surface area (Å²) >= 11 is 1.52. The normalized spacial score (nSPS) is 10.7. The molecule has 0 saturated heterocycles. The average Bonchev–Trinajstić information content (AvgIpc) is 3.10. The summed E-state index contributed by atoms with van der Waals surface area (Å²) in [4.78, 5) is 11.6. The number of ether oxygens (including phenoxy) is 1. The molecule has 0 bridgehead atoms. The summed E-state index contributed by atoms with van der Waals surface area (Å²) in [6, 6.07) is 13.4. The molecule has 25 heavy (non-hydrogen) atoms. The lowest BCUT2D eigenvalue weighted by atomic mass is 10.1. The average molecular weight is 354 g/mol. The van der Waals surface area contributed by atoms with E-state index in [9.17, 15) is 4.79 Å². The second kappa shape index (κ2) is 7.48. The van der Waals surface area contributed by atoms with Crippen molar-refractivity contribution in [2.24, 2.45) is 0 Å². The van der Waals surface area contributed by atoms with Crippen molar-refractivity contribution in [1.82, 2.24) is 20.2 Å². The van der Waals surface area contributed by atoms with Crippen LogP contribution < -0.4 is 0 Å². The van der Waals surface area contributed by atoms with Crippen LogP contribution in [0.3, 0.4) is 0 Å². The number of carbonyl (C=O) groups is 1. The maximum absolute atomic E-state index is 11.6. The van der Waals surface area contributed by atoms with E-state index in [-0.39, 0.29) is 5.97 Å². The van der Waals surface area contributed by atoms with E-state index in [4.69, 9.17) is 4.74 Å². The molecule has 0 N–H and O–H groups in total. The van der Waals surface area contributed by atoms with Crippen LogP contribution in [-0.4, -0.2) is 33.3 Å². The number of hydrogen-bond donors (Lipinski definition) is 0. The topological polar surface area (TPSA) is 69.9 Å². The molecule has 0 aliphatic carbocycles. The summed E-state index contributed by atoms with van der Waals surface area (Å²) in [6.45, 7) is 4.12. The third-order valence-corrected chi connectivity index (χ3v) is 4.95. The van der Waals surface area contributed by atoms with Crippen molar-refractivity contribution in [2.45, 2.75) is 24.8 Å². The number of tetrazole rings is 1. The largest absolute Gasteiger partial charge is 0.465 e. The molecule has 0 unspecified atom stereocenters. The van der Waals surface area contributed by atoms with Crippen LogP contribution in [0.4, 0.5) is 0 Å². The standard InChI is InChI=1S/C18H18N4O2S/c1-12-6-4-9-16(13(12)2)22-18(19-20-21-22)25-11-14-7-5-8-15(10-14)17(23)24-3/h4-10H,11H2,1-3H3. The fourth-order valence-corrected chi connectivity index (χ4v) is 3.27. The van der Waals surface area contributed by atoms with E-state index in [0.717, 1.165) is 16.8 Å². The minimum atomic E-state index is -0.341. The first-order valence-corrected chi connectivity index (χ1v) is 8.73. The highest BCUT2D eigenvalue weighted by molar-refractivity contribution is 7.98. The molecule has 1 heterocycles. The van der Waals surface area contributed by atoms with Crippen LogP contribution in [-0.2, 0) is 10.5 Å². The molecule has 0 amide bonds. The van der Waals surface area contributed by atoms with Gasteiger partial charge in [-0.3, -0.25) is 0 Å². The first kappa shape index (κ1) is 17.2. The second-order valence-corrected chi connectivity index (χ2v) is 6.52. The molecule has 7 heteroatoms. The van der Waals surface area contributed by atoms with Gasteiger partial charge in [0.1, 0.15) is 0 Å². The van der Waals surface area contributed by atoms with Gasteiger partial charge in [0.15, 0.2) is 0 Å². The van der Waals surface area contributed by atoms with E-state index in [1.54, 1.807) is 10.7 Å². The van der Waals surface area contributed by atoms with Crippen LogP contribution in [0.5, 0.6) is 0 Å². The van der Waals surface area contributed by atoms with Gasteiger partial charge in [-0.15, -0.1) is 5.10 Å². The Bertz CT molecular complexity index is 908. The highest BCUT2D eigenvalue weighted by Crippen LogP contribution is 2.25. The molecule has 128 valence electrons. The molecule has 0 aliphatic heterocycles. The Kier molecular flexibility index (Phi) is 5.14. The van der Waals surface area contributed by atoms with Crippen molar-refractivity contribution < 1.29 is 9.53 Å². The van der Waals surface area contributed by atoms with Crippen LogP contribution >= 0.6 is 11.8 Å². The zero-order chi connectivity index (χ0) is 17.8. The highest BCUT2D eigenvalue weighted by atomic mass is 32.2. The lowest BCUT2D eigenvalue weighted by Gasteiger charge is -2.09. The molecule has 3 aromatic rings. The quantitative estimate of drug-likeness (QED) is 0.517. The van der Waals surface area contributed by atoms with Gasteiger partial charge < -0.3 is 4.74 Å². The monoisotopic (exact) mass is 354 g/mol. The Morgan fingerprint density at radius 1 is 1.20 bits per heavy atom. The van der Waals surface area contributed by atoms with Gasteiger partial charge >= 0.3 is 5.97 Å². The van der Waals surface area contributed by atoms with Crippen LogP contribution in [0.2, 0.25) is 0 Å². The summed E-state index contributed by atoms with van der Waals surface area (Å²) in [7, 11) is 1.38. The molecule has 0 radical (unpaired) electrons. The van der Waals surface area contributed by atoms with E-state index >= 15 is 0 Å². The number of thioether (sulfide) groups is 1. The molecule has 3 rings (SSSR count). The van der Waals surface area contributed by atoms with Crippen LogP contribution in [0.15, 0.2) is 47.6 Å². The number of aryl methyl sites for hydroxylation is 1. The van der Waals surface area contributed by atoms with Crippen LogP contribution in [0.1, 0.15) is 27.0 Å². The van der Waals surface area contributed by atoms with Gasteiger partial charge in [-0.1, -0.05) is 36.0 Å². The number of carbonyl (C=O) groups excluding carboxylic acids is 1. The smallest absolute Gasteiger partial charge is 0.337 e. The molecule has 6 nitrogen and oxygen atoms in total. The SMILES string of the molecule is COC(=O)c1cccc(CSc2nnnn2-c2cccc(C)c2C)c1. The number of rotatable bonds is 5. The van der Waals surface area contributed by atoms with Crippen molar-refractivity contribution in [3.8, 4) is 5.69 Å². The molecular formula is C18H18N4O2S. The Hall–Kier alpha value is -2.67. The molecule has 2 aromatic carbocycles. The molecule has 0 aliphatic rings. The number of methoxy groups -OCH3 is 1. The van der Waals surface area contributed by atoms with Gasteiger partial charge in [0.05, 0.1) is 18.4 Å².